The van der Waals surface area contributed by atoms with Crippen molar-refractivity contribution in [3.63, 3.8) is 0 Å². The average Bonchev–Trinajstić information content (AvgIpc) is 2.68. The Morgan fingerprint density at radius 3 is 2.76 bits per heavy atom. The van der Waals surface area contributed by atoms with Crippen LogP contribution >= 0.6 is 27.5 Å². The number of aliphatic hydroxyl groups is 1. The number of anilines is 1. The molecule has 6 heteroatoms. The second-order valence-electron chi connectivity index (χ2n) is 4.59. The van der Waals surface area contributed by atoms with Crippen molar-refractivity contribution >= 4 is 33.3 Å². The summed E-state index contributed by atoms with van der Waals surface area (Å²) in [7, 11) is 1.90. The van der Waals surface area contributed by atoms with Gasteiger partial charge >= 0.3 is 0 Å². The molecule has 0 spiro atoms. The number of hydrogen-bond donors (Lipinski definition) is 1. The Kier molecular flexibility index (Phi) is 3.90. The first kappa shape index (κ1) is 13.1. The van der Waals surface area contributed by atoms with Crippen LogP contribution in [0.1, 0.15) is 25.7 Å². The number of hydrogen-bond acceptors (Lipinski definition) is 4. The van der Waals surface area contributed by atoms with Gasteiger partial charge in [-0.1, -0.05) is 24.4 Å². The Bertz CT molecular complexity index is 410. The largest absolute Gasteiger partial charge is 0.388 e. The van der Waals surface area contributed by atoms with E-state index in [0.717, 1.165) is 25.7 Å². The van der Waals surface area contributed by atoms with E-state index in [4.69, 9.17) is 11.6 Å². The molecular formula is C11H15BrClN3O. The lowest BCUT2D eigenvalue weighted by Crippen LogP contribution is -2.39. The molecule has 2 rings (SSSR count). The lowest BCUT2D eigenvalue weighted by molar-refractivity contribution is 0.0557. The number of rotatable bonds is 3. The van der Waals surface area contributed by atoms with Crippen molar-refractivity contribution in [2.24, 2.45) is 0 Å². The fourth-order valence-electron chi connectivity index (χ4n) is 2.31. The number of likely N-dealkylation sites (N-methyl/N-ethyl adjacent to an activating group) is 1. The van der Waals surface area contributed by atoms with Gasteiger partial charge in [-0.3, -0.25) is 0 Å². The fourth-order valence-corrected chi connectivity index (χ4v) is 2.95. The third-order valence-electron chi connectivity index (χ3n) is 3.16. The van der Waals surface area contributed by atoms with Gasteiger partial charge in [-0.05, 0) is 28.8 Å². The summed E-state index contributed by atoms with van der Waals surface area (Å²) in [4.78, 5) is 9.99. The first-order valence-corrected chi connectivity index (χ1v) is 6.78. The van der Waals surface area contributed by atoms with E-state index in [0.29, 0.717) is 22.0 Å². The van der Waals surface area contributed by atoms with Gasteiger partial charge in [0, 0.05) is 13.6 Å². The first-order chi connectivity index (χ1) is 8.02. The van der Waals surface area contributed by atoms with E-state index in [1.807, 2.05) is 11.9 Å². The Balaban J connectivity index is 2.14. The zero-order valence-corrected chi connectivity index (χ0v) is 12.0. The van der Waals surface area contributed by atoms with Gasteiger partial charge in [0.05, 0.1) is 10.1 Å². The molecule has 0 aromatic carbocycles. The van der Waals surface area contributed by atoms with E-state index < -0.39 is 5.60 Å². The van der Waals surface area contributed by atoms with Gasteiger partial charge in [-0.2, -0.15) is 0 Å². The standard InChI is InChI=1S/C11H15BrClN3O/c1-16(6-11(17)4-2-3-5-11)10-8(12)9(13)14-7-15-10/h7,17H,2-6H2,1H3. The van der Waals surface area contributed by atoms with Crippen LogP contribution in [0.15, 0.2) is 10.8 Å². The number of aromatic nitrogens is 2. The predicted octanol–water partition coefficient (Wildman–Crippen LogP) is 2.63. The predicted molar refractivity (Wildman–Crippen MR) is 71.4 cm³/mol. The summed E-state index contributed by atoms with van der Waals surface area (Å²) >= 11 is 9.29. The van der Waals surface area contributed by atoms with Crippen molar-refractivity contribution in [3.8, 4) is 0 Å². The maximum atomic E-state index is 10.3. The molecule has 0 aliphatic heterocycles. The van der Waals surface area contributed by atoms with Crippen LogP contribution in [-0.2, 0) is 0 Å². The van der Waals surface area contributed by atoms with Gasteiger partial charge in [-0.15, -0.1) is 0 Å². The van der Waals surface area contributed by atoms with Crippen molar-refractivity contribution in [2.45, 2.75) is 31.3 Å². The Hall–Kier alpha value is -0.390. The van der Waals surface area contributed by atoms with E-state index in [1.165, 1.54) is 6.33 Å². The van der Waals surface area contributed by atoms with Crippen LogP contribution in [0.4, 0.5) is 5.82 Å². The Morgan fingerprint density at radius 1 is 1.47 bits per heavy atom. The molecule has 1 fully saturated rings. The highest BCUT2D eigenvalue weighted by Gasteiger charge is 2.33. The van der Waals surface area contributed by atoms with Crippen molar-refractivity contribution in [1.29, 1.82) is 0 Å². The molecule has 0 saturated heterocycles. The maximum Gasteiger partial charge on any atom is 0.148 e. The van der Waals surface area contributed by atoms with E-state index in [2.05, 4.69) is 25.9 Å². The van der Waals surface area contributed by atoms with Crippen molar-refractivity contribution in [2.75, 3.05) is 18.5 Å². The van der Waals surface area contributed by atoms with Gasteiger partial charge in [0.2, 0.25) is 0 Å². The molecule has 1 aromatic heterocycles. The SMILES string of the molecule is CN(CC1(O)CCCC1)c1ncnc(Cl)c1Br. The molecule has 0 radical (unpaired) electrons. The molecule has 0 atom stereocenters. The molecular weight excluding hydrogens is 305 g/mol. The summed E-state index contributed by atoms with van der Waals surface area (Å²) in [5.74, 6) is 0.713. The topological polar surface area (TPSA) is 49.2 Å². The third kappa shape index (κ3) is 2.89. The molecule has 17 heavy (non-hydrogen) atoms. The molecule has 1 heterocycles. The smallest absolute Gasteiger partial charge is 0.148 e. The minimum atomic E-state index is -0.592. The normalized spacial score (nSPS) is 18.4. The van der Waals surface area contributed by atoms with Crippen LogP contribution in [-0.4, -0.2) is 34.3 Å². The van der Waals surface area contributed by atoms with E-state index in [1.54, 1.807) is 0 Å². The maximum absolute atomic E-state index is 10.3. The Morgan fingerprint density at radius 2 is 2.12 bits per heavy atom. The second kappa shape index (κ2) is 5.08. The zero-order chi connectivity index (χ0) is 12.5. The molecule has 1 aliphatic carbocycles. The summed E-state index contributed by atoms with van der Waals surface area (Å²) in [6.07, 6.45) is 5.32. The Labute approximate surface area is 114 Å². The average molecular weight is 321 g/mol. The minimum absolute atomic E-state index is 0.389. The first-order valence-electron chi connectivity index (χ1n) is 5.61. The molecule has 0 unspecified atom stereocenters. The van der Waals surface area contributed by atoms with Crippen LogP contribution < -0.4 is 4.90 Å². The molecule has 1 N–H and O–H groups in total. The van der Waals surface area contributed by atoms with Crippen LogP contribution in [0.2, 0.25) is 5.15 Å². The van der Waals surface area contributed by atoms with Crippen molar-refractivity contribution < 1.29 is 5.11 Å². The third-order valence-corrected chi connectivity index (χ3v) is 4.40. The van der Waals surface area contributed by atoms with Crippen LogP contribution in [0.5, 0.6) is 0 Å². The van der Waals surface area contributed by atoms with Crippen LogP contribution in [0, 0.1) is 0 Å². The van der Waals surface area contributed by atoms with E-state index in [-0.39, 0.29) is 0 Å². The molecule has 1 aromatic rings. The monoisotopic (exact) mass is 319 g/mol. The van der Waals surface area contributed by atoms with Crippen LogP contribution in [0.3, 0.4) is 0 Å². The summed E-state index contributed by atoms with van der Waals surface area (Å²) in [6.45, 7) is 0.568. The molecule has 1 aliphatic rings. The van der Waals surface area contributed by atoms with Crippen molar-refractivity contribution in [3.05, 3.63) is 16.0 Å². The highest BCUT2D eigenvalue weighted by Crippen LogP contribution is 2.33. The van der Waals surface area contributed by atoms with E-state index in [9.17, 15) is 5.11 Å². The molecule has 0 amide bonds. The molecule has 4 nitrogen and oxygen atoms in total. The van der Waals surface area contributed by atoms with Gasteiger partial charge in [0.25, 0.3) is 0 Å². The van der Waals surface area contributed by atoms with Gasteiger partial charge < -0.3 is 10.0 Å². The summed E-state index contributed by atoms with van der Waals surface area (Å²) in [5.41, 5.74) is -0.592. The van der Waals surface area contributed by atoms with Gasteiger partial charge in [0.15, 0.2) is 0 Å². The summed E-state index contributed by atoms with van der Waals surface area (Å²) in [5, 5.41) is 10.7. The minimum Gasteiger partial charge on any atom is -0.388 e. The fraction of sp³-hybridized carbons (Fsp3) is 0.636. The zero-order valence-electron chi connectivity index (χ0n) is 9.66. The van der Waals surface area contributed by atoms with Crippen LogP contribution in [0.25, 0.3) is 0 Å². The molecule has 0 bridgehead atoms. The molecule has 94 valence electrons. The summed E-state index contributed by atoms with van der Waals surface area (Å²) in [6, 6.07) is 0. The molecule has 1 saturated carbocycles. The van der Waals surface area contributed by atoms with Gasteiger partial charge in [0.1, 0.15) is 17.3 Å². The van der Waals surface area contributed by atoms with E-state index >= 15 is 0 Å². The quantitative estimate of drug-likeness (QED) is 0.870. The lowest BCUT2D eigenvalue weighted by Gasteiger charge is -2.29. The van der Waals surface area contributed by atoms with Crippen molar-refractivity contribution in [1.82, 2.24) is 9.97 Å². The second-order valence-corrected chi connectivity index (χ2v) is 5.74. The highest BCUT2D eigenvalue weighted by atomic mass is 79.9. The number of halogens is 2. The number of nitrogens with zero attached hydrogens (tertiary/aromatic N) is 3. The summed E-state index contributed by atoms with van der Waals surface area (Å²) < 4.78 is 0.672. The highest BCUT2D eigenvalue weighted by molar-refractivity contribution is 9.10. The lowest BCUT2D eigenvalue weighted by atomic mass is 10.0. The van der Waals surface area contributed by atoms with Gasteiger partial charge in [-0.25, -0.2) is 9.97 Å².